The fourth-order valence-electron chi connectivity index (χ4n) is 1.67. The number of hydrogen-bond acceptors (Lipinski definition) is 1. The number of hydrogen-bond donors (Lipinski definition) is 0. The van der Waals surface area contributed by atoms with Gasteiger partial charge in [0.15, 0.2) is 0 Å². The van der Waals surface area contributed by atoms with Crippen LogP contribution in [0.1, 0.15) is 40.0 Å². The highest BCUT2D eigenvalue weighted by Crippen LogP contribution is 2.18. The molecule has 0 radical (unpaired) electrons. The van der Waals surface area contributed by atoms with E-state index < -0.39 is 0 Å². The van der Waals surface area contributed by atoms with E-state index in [2.05, 4.69) is 63.3 Å². The van der Waals surface area contributed by atoms with Crippen LogP contribution in [-0.4, -0.2) is 5.75 Å². The molecule has 0 fully saturated rings. The highest BCUT2D eigenvalue weighted by molar-refractivity contribution is 7.99. The van der Waals surface area contributed by atoms with Gasteiger partial charge in [-0.3, -0.25) is 0 Å². The normalized spacial score (nSPS) is 11.4. The van der Waals surface area contributed by atoms with Gasteiger partial charge >= 0.3 is 0 Å². The van der Waals surface area contributed by atoms with E-state index >= 15 is 0 Å². The summed E-state index contributed by atoms with van der Waals surface area (Å²) in [5.41, 5.74) is 2.94. The van der Waals surface area contributed by atoms with Crippen LogP contribution < -0.4 is 0 Å². The Labute approximate surface area is 116 Å². The molecule has 0 N–H and O–H groups in total. The van der Waals surface area contributed by atoms with Gasteiger partial charge < -0.3 is 0 Å². The van der Waals surface area contributed by atoms with E-state index in [4.69, 9.17) is 0 Å². The van der Waals surface area contributed by atoms with Crippen molar-refractivity contribution in [3.8, 4) is 0 Å². The Balaban J connectivity index is 2.20. The van der Waals surface area contributed by atoms with E-state index in [0.29, 0.717) is 0 Å². The van der Waals surface area contributed by atoms with Crippen LogP contribution >= 0.6 is 11.8 Å². The third kappa shape index (κ3) is 7.39. The molecule has 1 rings (SSSR count). The maximum Gasteiger partial charge on any atom is 0.0163 e. The van der Waals surface area contributed by atoms with Gasteiger partial charge in [0, 0.05) is 10.6 Å². The van der Waals surface area contributed by atoms with Gasteiger partial charge in [-0.05, 0) is 52.2 Å². The molecule has 1 aromatic rings. The maximum absolute atomic E-state index is 2.36. The first-order valence-corrected chi connectivity index (χ1v) is 7.64. The van der Waals surface area contributed by atoms with Crippen molar-refractivity contribution in [2.45, 2.75) is 44.9 Å². The Morgan fingerprint density at radius 1 is 1.06 bits per heavy atom. The summed E-state index contributed by atoms with van der Waals surface area (Å²) in [6.07, 6.45) is 8.38. The van der Waals surface area contributed by atoms with Gasteiger partial charge in [0.1, 0.15) is 0 Å². The zero-order valence-electron chi connectivity index (χ0n) is 11.8. The van der Waals surface area contributed by atoms with Crippen LogP contribution in [0.5, 0.6) is 0 Å². The highest BCUT2D eigenvalue weighted by Gasteiger charge is 1.92. The van der Waals surface area contributed by atoms with Crippen LogP contribution in [0.3, 0.4) is 0 Å². The lowest BCUT2D eigenvalue weighted by atomic mass is 10.1. The first-order valence-electron chi connectivity index (χ1n) is 6.65. The van der Waals surface area contributed by atoms with Gasteiger partial charge in [-0.25, -0.2) is 0 Å². The van der Waals surface area contributed by atoms with Gasteiger partial charge in [0.2, 0.25) is 0 Å². The molecule has 18 heavy (non-hydrogen) atoms. The maximum atomic E-state index is 2.36. The summed E-state index contributed by atoms with van der Waals surface area (Å²) in [7, 11) is 0. The minimum Gasteiger partial charge on any atom is -0.122 e. The molecule has 0 spiro atoms. The van der Waals surface area contributed by atoms with E-state index in [0.717, 1.165) is 5.75 Å². The van der Waals surface area contributed by atoms with Crippen molar-refractivity contribution in [2.24, 2.45) is 0 Å². The lowest BCUT2D eigenvalue weighted by molar-refractivity contribution is 0.827. The molecule has 0 saturated heterocycles. The molecule has 0 atom stereocenters. The standard InChI is InChI=1S/C17H24S/c1-15(2)9-7-8-10-16(3)13-14-18-17-11-5-4-6-12-17/h4-6,9,11-13H,7-8,10,14H2,1-3H3/b16-13+. The van der Waals surface area contributed by atoms with E-state index in [9.17, 15) is 0 Å². The van der Waals surface area contributed by atoms with Gasteiger partial charge in [-0.15, -0.1) is 11.8 Å². The van der Waals surface area contributed by atoms with Crippen LogP contribution in [0.2, 0.25) is 0 Å². The van der Waals surface area contributed by atoms with Crippen molar-refractivity contribution in [1.82, 2.24) is 0 Å². The minimum absolute atomic E-state index is 1.08. The van der Waals surface area contributed by atoms with Crippen LogP contribution in [0.15, 0.2) is 58.5 Å². The van der Waals surface area contributed by atoms with Crippen molar-refractivity contribution in [1.29, 1.82) is 0 Å². The fourth-order valence-corrected chi connectivity index (χ4v) is 2.58. The molecule has 0 nitrogen and oxygen atoms in total. The zero-order chi connectivity index (χ0) is 13.2. The van der Waals surface area contributed by atoms with E-state index in [1.165, 1.54) is 35.3 Å². The predicted octanol–water partition coefficient (Wildman–Crippen LogP) is 5.86. The average Bonchev–Trinajstić information content (AvgIpc) is 2.36. The quantitative estimate of drug-likeness (QED) is 0.336. The zero-order valence-corrected chi connectivity index (χ0v) is 12.6. The van der Waals surface area contributed by atoms with Crippen molar-refractivity contribution in [3.05, 3.63) is 53.6 Å². The molecule has 0 heterocycles. The van der Waals surface area contributed by atoms with Crippen LogP contribution in [-0.2, 0) is 0 Å². The number of benzene rings is 1. The molecule has 0 aromatic heterocycles. The van der Waals surface area contributed by atoms with Crippen molar-refractivity contribution in [3.63, 3.8) is 0 Å². The topological polar surface area (TPSA) is 0 Å². The molecule has 98 valence electrons. The predicted molar refractivity (Wildman–Crippen MR) is 84.2 cm³/mol. The molecule has 1 heteroatoms. The lowest BCUT2D eigenvalue weighted by Gasteiger charge is -2.01. The van der Waals surface area contributed by atoms with Crippen molar-refractivity contribution < 1.29 is 0 Å². The first kappa shape index (κ1) is 15.1. The summed E-state index contributed by atoms with van der Waals surface area (Å²) in [4.78, 5) is 1.35. The van der Waals surface area contributed by atoms with Crippen LogP contribution in [0, 0.1) is 0 Å². The number of thioether (sulfide) groups is 1. The van der Waals surface area contributed by atoms with E-state index in [1.807, 2.05) is 11.8 Å². The number of unbranched alkanes of at least 4 members (excludes halogenated alkanes) is 1. The first-order chi connectivity index (χ1) is 8.68. The Hall–Kier alpha value is -0.950. The second-order valence-corrected chi connectivity index (χ2v) is 5.94. The minimum atomic E-state index is 1.08. The Bertz CT molecular complexity index is 383. The van der Waals surface area contributed by atoms with Crippen LogP contribution in [0.4, 0.5) is 0 Å². The van der Waals surface area contributed by atoms with E-state index in [1.54, 1.807) is 0 Å². The summed E-state index contributed by atoms with van der Waals surface area (Å²) in [6, 6.07) is 10.6. The summed E-state index contributed by atoms with van der Waals surface area (Å²) in [6.45, 7) is 6.58. The molecular formula is C17H24S. The summed E-state index contributed by atoms with van der Waals surface area (Å²) in [5, 5.41) is 0. The lowest BCUT2D eigenvalue weighted by Crippen LogP contribution is -1.81. The summed E-state index contributed by atoms with van der Waals surface area (Å²) < 4.78 is 0. The van der Waals surface area contributed by atoms with Gasteiger partial charge in [-0.1, -0.05) is 41.5 Å². The highest BCUT2D eigenvalue weighted by atomic mass is 32.2. The Morgan fingerprint density at radius 3 is 2.44 bits per heavy atom. The van der Waals surface area contributed by atoms with Crippen molar-refractivity contribution in [2.75, 3.05) is 5.75 Å². The number of rotatable bonds is 7. The fraction of sp³-hybridized carbons (Fsp3) is 0.412. The average molecular weight is 260 g/mol. The van der Waals surface area contributed by atoms with Gasteiger partial charge in [0.25, 0.3) is 0 Å². The van der Waals surface area contributed by atoms with Gasteiger partial charge in [-0.2, -0.15) is 0 Å². The second-order valence-electron chi connectivity index (χ2n) is 4.85. The van der Waals surface area contributed by atoms with Crippen molar-refractivity contribution >= 4 is 11.8 Å². The SMILES string of the molecule is CC(C)=CCCC/C(C)=C/CSc1ccccc1. The molecule has 0 aliphatic carbocycles. The van der Waals surface area contributed by atoms with E-state index in [-0.39, 0.29) is 0 Å². The summed E-state index contributed by atoms with van der Waals surface area (Å²) in [5.74, 6) is 1.08. The molecule has 0 aliphatic heterocycles. The molecular weight excluding hydrogens is 236 g/mol. The molecule has 0 unspecified atom stereocenters. The third-order valence-electron chi connectivity index (χ3n) is 2.75. The monoisotopic (exact) mass is 260 g/mol. The summed E-state index contributed by atoms with van der Waals surface area (Å²) >= 11 is 1.90. The number of allylic oxidation sites excluding steroid dienone is 3. The Kier molecular flexibility index (Phi) is 7.59. The Morgan fingerprint density at radius 2 is 1.78 bits per heavy atom. The third-order valence-corrected chi connectivity index (χ3v) is 3.69. The molecule has 0 aliphatic rings. The molecule has 0 amide bonds. The largest absolute Gasteiger partial charge is 0.122 e. The molecule has 0 bridgehead atoms. The van der Waals surface area contributed by atoms with Gasteiger partial charge in [0.05, 0.1) is 0 Å². The molecule has 1 aromatic carbocycles. The second kappa shape index (κ2) is 9.04. The van der Waals surface area contributed by atoms with Crippen LogP contribution in [0.25, 0.3) is 0 Å². The smallest absolute Gasteiger partial charge is 0.0163 e. The molecule has 0 saturated carbocycles.